The summed E-state index contributed by atoms with van der Waals surface area (Å²) in [6, 6.07) is 19.8. The molecular formula is C36H39N11O2. The van der Waals surface area contributed by atoms with E-state index in [9.17, 15) is 4.79 Å². The minimum atomic E-state index is -0.0912. The van der Waals surface area contributed by atoms with E-state index in [4.69, 9.17) is 9.72 Å². The van der Waals surface area contributed by atoms with Gasteiger partial charge in [-0.2, -0.15) is 10.1 Å². The van der Waals surface area contributed by atoms with Gasteiger partial charge in [0.2, 0.25) is 23.7 Å². The van der Waals surface area contributed by atoms with Gasteiger partial charge in [0.05, 0.1) is 23.4 Å². The van der Waals surface area contributed by atoms with Crippen LogP contribution in [0.15, 0.2) is 79.3 Å². The van der Waals surface area contributed by atoms with Crippen LogP contribution in [0.3, 0.4) is 0 Å². The number of benzene rings is 2. The standard InChI is InChI=1S/C36H39N11O2/c1-23-18-39-35(41-30-17-24(2)46(4)44-30)43-33(23)28-19-38-34-27(28)11-8-12-29(34)40-31(48)22-47-16-14-26(21-47)49-32-13-15-37-36(42-32)45(3)20-25-9-6-5-7-10-25/h5-13,15,17-19,26,38H,14,16,20-22H2,1-4H3,(H,40,48)(H,39,41,43,44). The number of fused-ring (bicyclic) bond motifs is 1. The Kier molecular flexibility index (Phi) is 8.90. The van der Waals surface area contributed by atoms with Gasteiger partial charge in [0.15, 0.2) is 5.82 Å². The molecule has 0 aliphatic carbocycles. The van der Waals surface area contributed by atoms with Crippen molar-refractivity contribution in [3.05, 3.63) is 96.1 Å². The lowest BCUT2D eigenvalue weighted by molar-refractivity contribution is -0.117. The molecule has 1 aliphatic heterocycles. The van der Waals surface area contributed by atoms with E-state index in [2.05, 4.69) is 52.7 Å². The molecular weight excluding hydrogens is 618 g/mol. The minimum absolute atomic E-state index is 0.0680. The Balaban J connectivity index is 0.972. The van der Waals surface area contributed by atoms with Gasteiger partial charge in [0, 0.05) is 81.1 Å². The predicted octanol–water partition coefficient (Wildman–Crippen LogP) is 5.24. The maximum absolute atomic E-state index is 13.3. The van der Waals surface area contributed by atoms with E-state index in [1.807, 2.05) is 81.5 Å². The molecule has 1 aliphatic rings. The predicted molar refractivity (Wildman–Crippen MR) is 190 cm³/mol. The number of nitrogens with zero attached hydrogens (tertiary/aromatic N) is 8. The second-order valence-corrected chi connectivity index (χ2v) is 12.4. The molecule has 1 unspecified atom stereocenters. The van der Waals surface area contributed by atoms with Gasteiger partial charge in [-0.1, -0.05) is 42.5 Å². The lowest BCUT2D eigenvalue weighted by Gasteiger charge is -2.19. The van der Waals surface area contributed by atoms with Crippen molar-refractivity contribution in [1.29, 1.82) is 0 Å². The van der Waals surface area contributed by atoms with E-state index in [1.165, 1.54) is 5.56 Å². The van der Waals surface area contributed by atoms with E-state index >= 15 is 0 Å². The fourth-order valence-corrected chi connectivity index (χ4v) is 6.08. The van der Waals surface area contributed by atoms with Crippen molar-refractivity contribution in [2.24, 2.45) is 7.05 Å². The molecule has 3 N–H and O–H groups in total. The number of aromatic amines is 1. The molecule has 0 spiro atoms. The molecule has 250 valence electrons. The van der Waals surface area contributed by atoms with Crippen molar-refractivity contribution < 1.29 is 9.53 Å². The minimum Gasteiger partial charge on any atom is -0.473 e. The molecule has 0 saturated carbocycles. The van der Waals surface area contributed by atoms with Crippen LogP contribution in [-0.4, -0.2) is 78.3 Å². The van der Waals surface area contributed by atoms with E-state index in [1.54, 1.807) is 23.1 Å². The van der Waals surface area contributed by atoms with Crippen LogP contribution >= 0.6 is 0 Å². The summed E-state index contributed by atoms with van der Waals surface area (Å²) in [4.78, 5) is 39.1. The van der Waals surface area contributed by atoms with Crippen molar-refractivity contribution in [1.82, 2.24) is 39.6 Å². The number of ether oxygens (including phenoxy) is 1. The molecule has 5 heterocycles. The van der Waals surface area contributed by atoms with Crippen LogP contribution in [-0.2, 0) is 18.4 Å². The fraction of sp³-hybridized carbons (Fsp3) is 0.278. The highest BCUT2D eigenvalue weighted by atomic mass is 16.5. The van der Waals surface area contributed by atoms with Crippen LogP contribution in [0.25, 0.3) is 22.2 Å². The highest BCUT2D eigenvalue weighted by Gasteiger charge is 2.26. The zero-order chi connectivity index (χ0) is 33.9. The number of hydrogen-bond acceptors (Lipinski definition) is 10. The number of amides is 1. The average Bonchev–Trinajstić information content (AvgIpc) is 3.81. The lowest BCUT2D eigenvalue weighted by Crippen LogP contribution is -2.33. The van der Waals surface area contributed by atoms with Gasteiger partial charge in [0.25, 0.3) is 0 Å². The van der Waals surface area contributed by atoms with Gasteiger partial charge in [0.1, 0.15) is 6.10 Å². The Labute approximate surface area is 284 Å². The number of carbonyl (C=O) groups is 1. The van der Waals surface area contributed by atoms with Gasteiger partial charge in [-0.25, -0.2) is 15.0 Å². The third-order valence-electron chi connectivity index (χ3n) is 8.68. The first-order chi connectivity index (χ1) is 23.8. The third kappa shape index (κ3) is 7.21. The number of carbonyl (C=O) groups excluding carboxylic acids is 1. The highest BCUT2D eigenvalue weighted by Crippen LogP contribution is 2.33. The quantitative estimate of drug-likeness (QED) is 0.169. The van der Waals surface area contributed by atoms with Crippen molar-refractivity contribution in [3.8, 4) is 17.1 Å². The molecule has 13 heteroatoms. The van der Waals surface area contributed by atoms with Crippen LogP contribution in [0.4, 0.5) is 23.4 Å². The van der Waals surface area contributed by atoms with Crippen molar-refractivity contribution in [2.45, 2.75) is 32.9 Å². The van der Waals surface area contributed by atoms with Crippen LogP contribution in [0.2, 0.25) is 0 Å². The summed E-state index contributed by atoms with van der Waals surface area (Å²) >= 11 is 0. The van der Waals surface area contributed by atoms with Crippen molar-refractivity contribution >= 4 is 40.2 Å². The van der Waals surface area contributed by atoms with Crippen LogP contribution in [0.1, 0.15) is 23.2 Å². The Morgan fingerprint density at radius 2 is 1.94 bits per heavy atom. The largest absolute Gasteiger partial charge is 0.473 e. The van der Waals surface area contributed by atoms with E-state index < -0.39 is 0 Å². The molecule has 6 aromatic rings. The Morgan fingerprint density at radius 3 is 2.76 bits per heavy atom. The van der Waals surface area contributed by atoms with Gasteiger partial charge in [-0.15, -0.1) is 0 Å². The molecule has 49 heavy (non-hydrogen) atoms. The first kappa shape index (κ1) is 31.8. The first-order valence-electron chi connectivity index (χ1n) is 16.3. The number of para-hydroxylation sites is 1. The van der Waals surface area contributed by atoms with Crippen molar-refractivity contribution in [2.75, 3.05) is 42.2 Å². The lowest BCUT2D eigenvalue weighted by atomic mass is 10.1. The van der Waals surface area contributed by atoms with Crippen LogP contribution in [0.5, 0.6) is 5.88 Å². The smallest absolute Gasteiger partial charge is 0.238 e. The monoisotopic (exact) mass is 657 g/mol. The molecule has 4 aromatic heterocycles. The average molecular weight is 658 g/mol. The number of aromatic nitrogens is 7. The number of rotatable bonds is 11. The number of aryl methyl sites for hydroxylation is 3. The zero-order valence-electron chi connectivity index (χ0n) is 28.0. The van der Waals surface area contributed by atoms with Gasteiger partial charge in [-0.05, 0) is 37.5 Å². The number of likely N-dealkylation sites (tertiary alicyclic amines) is 1. The summed E-state index contributed by atoms with van der Waals surface area (Å²) < 4.78 is 8.03. The van der Waals surface area contributed by atoms with Crippen LogP contribution in [0, 0.1) is 13.8 Å². The molecule has 1 amide bonds. The fourth-order valence-electron chi connectivity index (χ4n) is 6.08. The Morgan fingerprint density at radius 1 is 1.08 bits per heavy atom. The summed E-state index contributed by atoms with van der Waals surface area (Å²) in [6.07, 6.45) is 6.17. The van der Waals surface area contributed by atoms with Crippen molar-refractivity contribution in [3.63, 3.8) is 0 Å². The second-order valence-electron chi connectivity index (χ2n) is 12.4. The Bertz CT molecular complexity index is 2070. The normalized spacial score (nSPS) is 14.7. The van der Waals surface area contributed by atoms with E-state index in [0.29, 0.717) is 42.4 Å². The SMILES string of the molecule is Cc1cnc(Nc2cc(C)n(C)n2)nc1-c1c[nH]c2c(NC(=O)CN3CCC(Oc4ccnc(N(C)Cc5ccccc5)n4)C3)cccc12. The number of hydrogen-bond donors (Lipinski definition) is 3. The summed E-state index contributed by atoms with van der Waals surface area (Å²) in [7, 11) is 3.86. The summed E-state index contributed by atoms with van der Waals surface area (Å²) in [5.74, 6) is 2.18. The molecule has 0 bridgehead atoms. The highest BCUT2D eigenvalue weighted by molar-refractivity contribution is 6.06. The van der Waals surface area contributed by atoms with E-state index in [0.717, 1.165) is 46.4 Å². The topological polar surface area (TPSA) is 142 Å². The molecule has 1 saturated heterocycles. The number of anilines is 4. The molecule has 7 rings (SSSR count). The summed E-state index contributed by atoms with van der Waals surface area (Å²) in [5.41, 5.74) is 6.39. The molecule has 1 atom stereocenters. The van der Waals surface area contributed by atoms with E-state index in [-0.39, 0.29) is 18.6 Å². The second kappa shape index (κ2) is 13.7. The summed E-state index contributed by atoms with van der Waals surface area (Å²) in [5, 5.41) is 11.7. The molecule has 13 nitrogen and oxygen atoms in total. The van der Waals surface area contributed by atoms with Gasteiger partial charge < -0.3 is 25.3 Å². The molecule has 2 aromatic carbocycles. The number of nitrogens with one attached hydrogen (secondary N) is 3. The summed E-state index contributed by atoms with van der Waals surface area (Å²) in [6.45, 7) is 6.30. The Hall–Kier alpha value is -5.82. The third-order valence-corrected chi connectivity index (χ3v) is 8.68. The van der Waals surface area contributed by atoms with Crippen LogP contribution < -0.4 is 20.3 Å². The number of H-pyrrole nitrogens is 1. The maximum atomic E-state index is 13.3. The molecule has 0 radical (unpaired) electrons. The zero-order valence-corrected chi connectivity index (χ0v) is 28.0. The maximum Gasteiger partial charge on any atom is 0.238 e. The first-order valence-corrected chi connectivity index (χ1v) is 16.3. The van der Waals surface area contributed by atoms with Gasteiger partial charge >= 0.3 is 0 Å². The molecule has 1 fully saturated rings. The van der Waals surface area contributed by atoms with Gasteiger partial charge in [-0.3, -0.25) is 14.4 Å².